The number of aliphatic imine (C=N–C) groups is 1. The fourth-order valence-electron chi connectivity index (χ4n) is 3.62. The zero-order valence-electron chi connectivity index (χ0n) is 19.1. The lowest BCUT2D eigenvalue weighted by atomic mass is 10.1. The van der Waals surface area contributed by atoms with E-state index in [1.165, 1.54) is 0 Å². The van der Waals surface area contributed by atoms with Gasteiger partial charge >= 0.3 is 0 Å². The Morgan fingerprint density at radius 3 is 2.53 bits per heavy atom. The average Bonchev–Trinajstić information content (AvgIpc) is 2.79. The van der Waals surface area contributed by atoms with Gasteiger partial charge in [-0.05, 0) is 31.0 Å². The Labute approximate surface area is 189 Å². The summed E-state index contributed by atoms with van der Waals surface area (Å²) in [5, 5.41) is 17.3. The third kappa shape index (κ3) is 7.78. The van der Waals surface area contributed by atoms with Crippen molar-refractivity contribution >= 4 is 5.96 Å². The fourth-order valence-corrected chi connectivity index (χ4v) is 3.62. The van der Waals surface area contributed by atoms with Crippen LogP contribution in [0, 0.1) is 0 Å². The molecule has 0 amide bonds. The first-order valence-electron chi connectivity index (χ1n) is 11.2. The molecule has 1 atom stereocenters. The van der Waals surface area contributed by atoms with E-state index >= 15 is 0 Å². The summed E-state index contributed by atoms with van der Waals surface area (Å²) in [6.07, 6.45) is 1.79. The van der Waals surface area contributed by atoms with Crippen LogP contribution in [0.5, 0.6) is 0 Å². The number of aromatic nitrogens is 1. The molecule has 1 aliphatic heterocycles. The van der Waals surface area contributed by atoms with Gasteiger partial charge in [-0.15, -0.1) is 0 Å². The lowest BCUT2D eigenvalue weighted by molar-refractivity contribution is -0.0201. The SMILES string of the molecule is CCNC(=NCc1ccc(Cn2ccccc2=O)cc1)NCC(C)(O)CN1CCOCC1. The first-order chi connectivity index (χ1) is 15.4. The molecule has 1 aromatic carbocycles. The second kappa shape index (κ2) is 11.8. The number of nitrogens with one attached hydrogen (secondary N) is 2. The fraction of sp³-hybridized carbons (Fsp3) is 0.500. The van der Waals surface area contributed by atoms with Crippen molar-refractivity contribution in [2.75, 3.05) is 45.9 Å². The van der Waals surface area contributed by atoms with Gasteiger partial charge < -0.3 is 25.0 Å². The molecule has 0 radical (unpaired) electrons. The highest BCUT2D eigenvalue weighted by Gasteiger charge is 2.25. The Balaban J connectivity index is 1.53. The summed E-state index contributed by atoms with van der Waals surface area (Å²) in [7, 11) is 0. The zero-order valence-corrected chi connectivity index (χ0v) is 19.1. The van der Waals surface area contributed by atoms with Gasteiger partial charge in [-0.1, -0.05) is 30.3 Å². The van der Waals surface area contributed by atoms with Crippen LogP contribution in [0.3, 0.4) is 0 Å². The maximum absolute atomic E-state index is 11.9. The molecule has 2 heterocycles. The zero-order chi connectivity index (χ0) is 22.8. The van der Waals surface area contributed by atoms with E-state index in [9.17, 15) is 9.90 Å². The van der Waals surface area contributed by atoms with Gasteiger partial charge in [0.2, 0.25) is 0 Å². The third-order valence-corrected chi connectivity index (χ3v) is 5.34. The minimum absolute atomic E-state index is 0.00737. The number of β-amino-alcohol motifs (C(OH)–C–C–N with tert-alkyl or cyclic N) is 1. The second-order valence-electron chi connectivity index (χ2n) is 8.42. The van der Waals surface area contributed by atoms with Gasteiger partial charge in [-0.3, -0.25) is 9.69 Å². The van der Waals surface area contributed by atoms with E-state index in [-0.39, 0.29) is 5.56 Å². The van der Waals surface area contributed by atoms with Crippen molar-refractivity contribution in [2.45, 2.75) is 32.5 Å². The van der Waals surface area contributed by atoms with Crippen LogP contribution in [0.4, 0.5) is 0 Å². The third-order valence-electron chi connectivity index (χ3n) is 5.34. The van der Waals surface area contributed by atoms with Gasteiger partial charge in [0.05, 0.1) is 31.9 Å². The van der Waals surface area contributed by atoms with Gasteiger partial charge in [0.1, 0.15) is 0 Å². The number of aliphatic hydroxyl groups is 1. The topological polar surface area (TPSA) is 91.1 Å². The van der Waals surface area contributed by atoms with E-state index in [1.54, 1.807) is 22.9 Å². The van der Waals surface area contributed by atoms with Crippen LogP contribution in [0.1, 0.15) is 25.0 Å². The van der Waals surface area contributed by atoms with Crippen molar-refractivity contribution in [3.63, 3.8) is 0 Å². The predicted octanol–water partition coefficient (Wildman–Crippen LogP) is 1.03. The summed E-state index contributed by atoms with van der Waals surface area (Å²) in [6.45, 7) is 9.79. The van der Waals surface area contributed by atoms with Crippen molar-refractivity contribution < 1.29 is 9.84 Å². The average molecular weight is 442 g/mol. The summed E-state index contributed by atoms with van der Waals surface area (Å²) < 4.78 is 7.06. The minimum atomic E-state index is -0.870. The van der Waals surface area contributed by atoms with E-state index in [4.69, 9.17) is 4.74 Å². The van der Waals surface area contributed by atoms with E-state index < -0.39 is 5.60 Å². The van der Waals surface area contributed by atoms with Gasteiger partial charge in [0.25, 0.3) is 5.56 Å². The molecule has 32 heavy (non-hydrogen) atoms. The second-order valence-corrected chi connectivity index (χ2v) is 8.42. The summed E-state index contributed by atoms with van der Waals surface area (Å²) >= 11 is 0. The van der Waals surface area contributed by atoms with Crippen molar-refractivity contribution in [2.24, 2.45) is 4.99 Å². The highest BCUT2D eigenvalue weighted by molar-refractivity contribution is 5.79. The van der Waals surface area contributed by atoms with E-state index in [0.717, 1.165) is 30.8 Å². The number of rotatable bonds is 9. The standard InChI is InChI=1S/C24H35N5O3/c1-3-25-23(27-18-24(2,31)19-28-12-14-32-15-13-28)26-16-20-7-9-21(10-8-20)17-29-11-5-4-6-22(29)30/h4-11,31H,3,12-19H2,1-2H3,(H2,25,26,27). The van der Waals surface area contributed by atoms with Crippen LogP contribution in [-0.4, -0.2) is 72.1 Å². The molecule has 1 aromatic heterocycles. The smallest absolute Gasteiger partial charge is 0.250 e. The molecule has 1 fully saturated rings. The van der Waals surface area contributed by atoms with Crippen molar-refractivity contribution in [1.29, 1.82) is 0 Å². The Kier molecular flexibility index (Phi) is 8.84. The number of morpholine rings is 1. The van der Waals surface area contributed by atoms with Crippen LogP contribution in [0.15, 0.2) is 58.4 Å². The molecule has 2 aromatic rings. The molecule has 3 rings (SSSR count). The molecule has 0 saturated carbocycles. The Bertz CT molecular complexity index is 918. The van der Waals surface area contributed by atoms with Crippen LogP contribution in [-0.2, 0) is 17.8 Å². The quantitative estimate of drug-likeness (QED) is 0.398. The summed E-state index contributed by atoms with van der Waals surface area (Å²) in [4.78, 5) is 18.8. The number of guanidine groups is 1. The molecular weight excluding hydrogens is 406 g/mol. The normalized spacial score (nSPS) is 17.0. The summed E-state index contributed by atoms with van der Waals surface area (Å²) in [5.41, 5.74) is 1.26. The Morgan fingerprint density at radius 1 is 1.12 bits per heavy atom. The summed E-state index contributed by atoms with van der Waals surface area (Å²) in [5.74, 6) is 0.676. The maximum Gasteiger partial charge on any atom is 0.250 e. The molecule has 3 N–H and O–H groups in total. The van der Waals surface area contributed by atoms with Gasteiger partial charge in [-0.25, -0.2) is 4.99 Å². The Hall–Kier alpha value is -2.68. The molecule has 8 heteroatoms. The number of ether oxygens (including phenoxy) is 1. The van der Waals surface area contributed by atoms with Crippen molar-refractivity contribution in [3.8, 4) is 0 Å². The van der Waals surface area contributed by atoms with Gasteiger partial charge in [0, 0.05) is 45.0 Å². The molecule has 1 unspecified atom stereocenters. The lowest BCUT2D eigenvalue weighted by Crippen LogP contribution is -2.52. The van der Waals surface area contributed by atoms with Crippen molar-refractivity contribution in [1.82, 2.24) is 20.1 Å². The van der Waals surface area contributed by atoms with E-state index in [1.807, 2.05) is 44.2 Å². The number of pyridine rings is 1. The van der Waals surface area contributed by atoms with Crippen LogP contribution >= 0.6 is 0 Å². The highest BCUT2D eigenvalue weighted by Crippen LogP contribution is 2.09. The number of hydrogen-bond acceptors (Lipinski definition) is 5. The molecule has 1 saturated heterocycles. The predicted molar refractivity (Wildman–Crippen MR) is 127 cm³/mol. The van der Waals surface area contributed by atoms with E-state index in [0.29, 0.717) is 45.4 Å². The molecule has 1 aliphatic rings. The Morgan fingerprint density at radius 2 is 1.84 bits per heavy atom. The first-order valence-corrected chi connectivity index (χ1v) is 11.2. The maximum atomic E-state index is 11.9. The van der Waals surface area contributed by atoms with Crippen LogP contribution in [0.2, 0.25) is 0 Å². The van der Waals surface area contributed by atoms with Crippen LogP contribution < -0.4 is 16.2 Å². The van der Waals surface area contributed by atoms with Gasteiger partial charge in [-0.2, -0.15) is 0 Å². The molecule has 0 bridgehead atoms. The monoisotopic (exact) mass is 441 g/mol. The largest absolute Gasteiger partial charge is 0.387 e. The number of nitrogens with zero attached hydrogens (tertiary/aromatic N) is 3. The first kappa shape index (κ1) is 24.0. The number of hydrogen-bond donors (Lipinski definition) is 3. The minimum Gasteiger partial charge on any atom is -0.387 e. The molecule has 174 valence electrons. The molecule has 0 aliphatic carbocycles. The lowest BCUT2D eigenvalue weighted by Gasteiger charge is -2.34. The summed E-state index contributed by atoms with van der Waals surface area (Å²) in [6, 6.07) is 13.3. The highest BCUT2D eigenvalue weighted by atomic mass is 16.5. The molecule has 8 nitrogen and oxygen atoms in total. The van der Waals surface area contributed by atoms with Crippen LogP contribution in [0.25, 0.3) is 0 Å². The van der Waals surface area contributed by atoms with Crippen molar-refractivity contribution in [3.05, 3.63) is 70.1 Å². The van der Waals surface area contributed by atoms with E-state index in [2.05, 4.69) is 20.5 Å². The molecule has 0 spiro atoms. The molecular formula is C24H35N5O3. The van der Waals surface area contributed by atoms with Gasteiger partial charge in [0.15, 0.2) is 5.96 Å². The number of benzene rings is 1.